The molecule has 1 saturated carbocycles. The molecule has 1 heterocycles. The molecular weight excluding hydrogens is 306 g/mol. The van der Waals surface area contributed by atoms with E-state index in [1.165, 1.54) is 0 Å². The monoisotopic (exact) mass is 325 g/mol. The Labute approximate surface area is 139 Å². The smallest absolute Gasteiger partial charge is 0.254 e. The molecule has 1 aliphatic carbocycles. The van der Waals surface area contributed by atoms with E-state index in [-0.39, 0.29) is 11.6 Å². The number of carbonyl (C=O) groups excluding carboxylic acids is 1. The van der Waals surface area contributed by atoms with Crippen molar-refractivity contribution in [3.8, 4) is 6.07 Å². The van der Waals surface area contributed by atoms with Crippen LogP contribution in [-0.2, 0) is 0 Å². The van der Waals surface area contributed by atoms with Crippen molar-refractivity contribution in [1.82, 2.24) is 9.78 Å². The fourth-order valence-corrected chi connectivity index (χ4v) is 3.11. The van der Waals surface area contributed by atoms with Gasteiger partial charge >= 0.3 is 0 Å². The van der Waals surface area contributed by atoms with Crippen LogP contribution in [0.3, 0.4) is 0 Å². The first-order chi connectivity index (χ1) is 11.6. The fraction of sp³-hybridized carbons (Fsp3) is 0.353. The molecule has 1 unspecified atom stereocenters. The number of amides is 1. The molecule has 7 nitrogen and oxygen atoms in total. The molecule has 0 radical (unpaired) electrons. The third-order valence-electron chi connectivity index (χ3n) is 4.35. The lowest BCUT2D eigenvalue weighted by Crippen LogP contribution is -2.33. The average Bonchev–Trinajstić information content (AvgIpc) is 2.99. The minimum absolute atomic E-state index is 0.260. The number of para-hydroxylation sites is 1. The Morgan fingerprint density at radius 3 is 2.79 bits per heavy atom. The van der Waals surface area contributed by atoms with Gasteiger partial charge in [0.15, 0.2) is 5.82 Å². The number of aliphatic hydroxyl groups excluding tert-OH is 1. The molecule has 3 atom stereocenters. The van der Waals surface area contributed by atoms with Crippen molar-refractivity contribution >= 4 is 17.4 Å². The average molecular weight is 325 g/mol. The van der Waals surface area contributed by atoms with Crippen LogP contribution in [0.4, 0.5) is 11.5 Å². The molecule has 1 amide bonds. The Hall–Kier alpha value is -2.85. The van der Waals surface area contributed by atoms with Gasteiger partial charge in [-0.05, 0) is 31.4 Å². The van der Waals surface area contributed by atoms with Gasteiger partial charge in [0.1, 0.15) is 5.56 Å². The molecular formula is C17H19N5O2. The summed E-state index contributed by atoms with van der Waals surface area (Å²) in [5.74, 6) is -0.793. The summed E-state index contributed by atoms with van der Waals surface area (Å²) in [6.45, 7) is 0. The zero-order chi connectivity index (χ0) is 17.1. The van der Waals surface area contributed by atoms with Gasteiger partial charge < -0.3 is 16.2 Å². The van der Waals surface area contributed by atoms with Crippen LogP contribution in [0.2, 0.25) is 0 Å². The predicted octanol–water partition coefficient (Wildman–Crippen LogP) is 1.95. The Morgan fingerprint density at radius 2 is 2.12 bits per heavy atom. The van der Waals surface area contributed by atoms with E-state index in [4.69, 9.17) is 5.73 Å². The van der Waals surface area contributed by atoms with E-state index in [0.29, 0.717) is 12.2 Å². The van der Waals surface area contributed by atoms with Crippen LogP contribution in [0, 0.1) is 17.2 Å². The van der Waals surface area contributed by atoms with Crippen molar-refractivity contribution in [3.05, 3.63) is 42.1 Å². The molecule has 3 rings (SSSR count). The van der Waals surface area contributed by atoms with Crippen LogP contribution in [0.25, 0.3) is 0 Å². The number of hydrogen-bond donors (Lipinski definition) is 3. The molecule has 1 aromatic carbocycles. The van der Waals surface area contributed by atoms with E-state index < -0.39 is 17.9 Å². The van der Waals surface area contributed by atoms with Crippen LogP contribution in [-0.4, -0.2) is 26.9 Å². The number of benzene rings is 1. The highest BCUT2D eigenvalue weighted by molar-refractivity contribution is 5.98. The number of aliphatic hydroxyl groups is 1. The number of hydrogen-bond acceptors (Lipinski definition) is 5. The number of nitrogens with two attached hydrogens (primary N) is 1. The maximum Gasteiger partial charge on any atom is 0.254 e. The molecule has 1 fully saturated rings. The van der Waals surface area contributed by atoms with Gasteiger partial charge in [-0.2, -0.15) is 10.4 Å². The molecule has 1 aromatic heterocycles. The molecule has 0 bridgehead atoms. The van der Waals surface area contributed by atoms with Crippen LogP contribution < -0.4 is 11.1 Å². The summed E-state index contributed by atoms with van der Waals surface area (Å²) >= 11 is 0. The SMILES string of the molecule is N#CC1[C@@H](O)CCC[C@@H]1n1cc(C(N)=O)c(Nc2ccccc2)n1. The maximum absolute atomic E-state index is 11.7. The summed E-state index contributed by atoms with van der Waals surface area (Å²) < 4.78 is 1.58. The minimum atomic E-state index is -0.680. The number of rotatable bonds is 4. The molecule has 1 aliphatic rings. The number of aromatic nitrogens is 2. The first-order valence-electron chi connectivity index (χ1n) is 7.89. The first kappa shape index (κ1) is 16.0. The van der Waals surface area contributed by atoms with E-state index in [1.807, 2.05) is 30.3 Å². The van der Waals surface area contributed by atoms with Gasteiger partial charge in [-0.3, -0.25) is 9.48 Å². The third kappa shape index (κ3) is 3.09. The van der Waals surface area contributed by atoms with Gasteiger partial charge in [0.25, 0.3) is 5.91 Å². The predicted molar refractivity (Wildman–Crippen MR) is 88.5 cm³/mol. The van der Waals surface area contributed by atoms with E-state index in [0.717, 1.165) is 18.5 Å². The minimum Gasteiger partial charge on any atom is -0.392 e. The normalized spacial score (nSPS) is 23.4. The first-order valence-corrected chi connectivity index (χ1v) is 7.89. The largest absolute Gasteiger partial charge is 0.392 e. The number of primary amides is 1. The zero-order valence-electron chi connectivity index (χ0n) is 13.1. The Morgan fingerprint density at radius 1 is 1.38 bits per heavy atom. The fourth-order valence-electron chi connectivity index (χ4n) is 3.11. The van der Waals surface area contributed by atoms with Crippen LogP contribution in [0.5, 0.6) is 0 Å². The quantitative estimate of drug-likeness (QED) is 0.794. The Balaban J connectivity index is 1.94. The van der Waals surface area contributed by atoms with E-state index >= 15 is 0 Å². The van der Waals surface area contributed by atoms with Crippen molar-refractivity contribution in [2.75, 3.05) is 5.32 Å². The highest BCUT2D eigenvalue weighted by Gasteiger charge is 2.34. The van der Waals surface area contributed by atoms with E-state index in [2.05, 4.69) is 16.5 Å². The molecule has 24 heavy (non-hydrogen) atoms. The molecule has 0 spiro atoms. The van der Waals surface area contributed by atoms with E-state index in [9.17, 15) is 15.2 Å². The van der Waals surface area contributed by atoms with Gasteiger partial charge in [-0.15, -0.1) is 0 Å². The molecule has 2 aromatic rings. The number of anilines is 2. The molecule has 7 heteroatoms. The second kappa shape index (κ2) is 6.72. The lowest BCUT2D eigenvalue weighted by Gasteiger charge is -2.31. The van der Waals surface area contributed by atoms with Gasteiger partial charge in [-0.25, -0.2) is 0 Å². The number of nitriles is 1. The third-order valence-corrected chi connectivity index (χ3v) is 4.35. The van der Waals surface area contributed by atoms with E-state index in [1.54, 1.807) is 10.9 Å². The molecule has 124 valence electrons. The second-order valence-electron chi connectivity index (χ2n) is 5.95. The topological polar surface area (TPSA) is 117 Å². The number of nitrogens with one attached hydrogen (secondary N) is 1. The summed E-state index contributed by atoms with van der Waals surface area (Å²) in [6, 6.07) is 11.2. The van der Waals surface area contributed by atoms with Crippen LogP contribution in [0.1, 0.15) is 35.7 Å². The molecule has 0 aliphatic heterocycles. The Bertz CT molecular complexity index is 765. The zero-order valence-corrected chi connectivity index (χ0v) is 13.1. The molecule has 4 N–H and O–H groups in total. The number of nitrogens with zero attached hydrogens (tertiary/aromatic N) is 3. The summed E-state index contributed by atoms with van der Waals surface area (Å²) in [5.41, 5.74) is 6.50. The van der Waals surface area contributed by atoms with Crippen molar-refractivity contribution < 1.29 is 9.90 Å². The van der Waals surface area contributed by atoms with Crippen molar-refractivity contribution in [1.29, 1.82) is 5.26 Å². The standard InChI is InChI=1S/C17H19N5O2/c18-9-12-14(7-4-8-15(12)23)22-10-13(16(19)24)17(21-22)20-11-5-2-1-3-6-11/h1-3,5-6,10,12,14-15,23H,4,7-8H2,(H2,19,24)(H,20,21)/t12?,14-,15-/m0/s1. The van der Waals surface area contributed by atoms with Crippen molar-refractivity contribution in [2.45, 2.75) is 31.4 Å². The molecule has 0 saturated heterocycles. The van der Waals surface area contributed by atoms with Gasteiger partial charge in [-0.1, -0.05) is 18.2 Å². The van der Waals surface area contributed by atoms with Crippen LogP contribution >= 0.6 is 0 Å². The van der Waals surface area contributed by atoms with Gasteiger partial charge in [0.2, 0.25) is 0 Å². The summed E-state index contributed by atoms with van der Waals surface area (Å²) in [7, 11) is 0. The summed E-state index contributed by atoms with van der Waals surface area (Å²) in [6.07, 6.45) is 3.01. The lowest BCUT2D eigenvalue weighted by molar-refractivity contribution is 0.0613. The van der Waals surface area contributed by atoms with Crippen molar-refractivity contribution in [2.24, 2.45) is 11.7 Å². The van der Waals surface area contributed by atoms with Crippen LogP contribution in [0.15, 0.2) is 36.5 Å². The summed E-state index contributed by atoms with van der Waals surface area (Å²) in [4.78, 5) is 11.7. The highest BCUT2D eigenvalue weighted by Crippen LogP contribution is 2.34. The Kier molecular flexibility index (Phi) is 4.49. The van der Waals surface area contributed by atoms with Gasteiger partial charge in [0, 0.05) is 11.9 Å². The second-order valence-corrected chi connectivity index (χ2v) is 5.95. The highest BCUT2D eigenvalue weighted by atomic mass is 16.3. The maximum atomic E-state index is 11.7. The summed E-state index contributed by atoms with van der Waals surface area (Å²) in [5, 5.41) is 26.9. The number of carbonyl (C=O) groups is 1. The lowest BCUT2D eigenvalue weighted by atomic mass is 9.83. The van der Waals surface area contributed by atoms with Gasteiger partial charge in [0.05, 0.1) is 24.1 Å². The van der Waals surface area contributed by atoms with Crippen molar-refractivity contribution in [3.63, 3.8) is 0 Å².